The number of anilines is 1. The first-order valence-electron chi connectivity index (χ1n) is 9.95. The average Bonchev–Trinajstić information content (AvgIpc) is 2.67. The first-order valence-corrected chi connectivity index (χ1v) is 9.95. The van der Waals surface area contributed by atoms with Gasteiger partial charge >= 0.3 is 0 Å². The molecule has 0 aromatic heterocycles. The van der Waals surface area contributed by atoms with Gasteiger partial charge in [0.2, 0.25) is 0 Å². The fraction of sp³-hybridized carbons (Fsp3) is 0.522. The van der Waals surface area contributed by atoms with E-state index in [0.717, 1.165) is 35.4 Å². The molecule has 1 aromatic rings. The summed E-state index contributed by atoms with van der Waals surface area (Å²) in [6.45, 7) is 2.08. The molecular formula is C23H24N4. The van der Waals surface area contributed by atoms with Crippen molar-refractivity contribution >= 4 is 5.69 Å². The van der Waals surface area contributed by atoms with Crippen molar-refractivity contribution in [2.75, 3.05) is 5.32 Å². The van der Waals surface area contributed by atoms with E-state index in [4.69, 9.17) is 10.5 Å². The highest BCUT2D eigenvalue weighted by Crippen LogP contribution is 2.60. The third-order valence-corrected chi connectivity index (χ3v) is 6.99. The van der Waals surface area contributed by atoms with Crippen molar-refractivity contribution in [3.8, 4) is 18.2 Å². The summed E-state index contributed by atoms with van der Waals surface area (Å²) < 4.78 is 0. The van der Waals surface area contributed by atoms with Crippen molar-refractivity contribution < 1.29 is 0 Å². The van der Waals surface area contributed by atoms with Crippen LogP contribution in [0, 0.1) is 51.7 Å². The minimum atomic E-state index is -0.167. The van der Waals surface area contributed by atoms with E-state index in [-0.39, 0.29) is 16.7 Å². The topological polar surface area (TPSA) is 83.4 Å². The average molecular weight is 356 g/mol. The van der Waals surface area contributed by atoms with Crippen LogP contribution in [0.5, 0.6) is 0 Å². The second kappa shape index (κ2) is 6.75. The van der Waals surface area contributed by atoms with Gasteiger partial charge in [0.25, 0.3) is 0 Å². The highest BCUT2D eigenvalue weighted by atomic mass is 14.9. The predicted octanol–water partition coefficient (Wildman–Crippen LogP) is 4.95. The Labute approximate surface area is 161 Å². The van der Waals surface area contributed by atoms with Gasteiger partial charge in [0.05, 0.1) is 0 Å². The third kappa shape index (κ3) is 2.98. The van der Waals surface area contributed by atoms with Crippen LogP contribution in [0.1, 0.15) is 56.6 Å². The number of aryl methyl sites for hydroxylation is 1. The predicted molar refractivity (Wildman–Crippen MR) is 103 cm³/mol. The summed E-state index contributed by atoms with van der Waals surface area (Å²) in [5.41, 5.74) is 3.49. The van der Waals surface area contributed by atoms with Crippen molar-refractivity contribution in [1.82, 2.24) is 0 Å². The number of nitriles is 3. The van der Waals surface area contributed by atoms with Crippen LogP contribution >= 0.6 is 0 Å². The van der Waals surface area contributed by atoms with Crippen LogP contribution in [0.3, 0.4) is 0 Å². The van der Waals surface area contributed by atoms with E-state index in [2.05, 4.69) is 30.4 Å². The van der Waals surface area contributed by atoms with Gasteiger partial charge in [-0.2, -0.15) is 15.8 Å². The molecule has 0 unspecified atom stereocenters. The first-order chi connectivity index (χ1) is 13.1. The van der Waals surface area contributed by atoms with E-state index < -0.39 is 0 Å². The Kier molecular flexibility index (Phi) is 4.41. The Balaban J connectivity index is 1.72. The molecule has 4 bridgehead atoms. The normalized spacial score (nSPS) is 30.1. The molecule has 0 spiro atoms. The maximum absolute atomic E-state index is 9.41. The Morgan fingerprint density at radius 2 is 1.59 bits per heavy atom. The Morgan fingerprint density at radius 1 is 1.00 bits per heavy atom. The van der Waals surface area contributed by atoms with E-state index >= 15 is 0 Å². The molecule has 4 saturated carbocycles. The number of hydrogen-bond donors (Lipinski definition) is 1. The van der Waals surface area contributed by atoms with Gasteiger partial charge in [0.15, 0.2) is 5.57 Å². The van der Waals surface area contributed by atoms with Crippen LogP contribution in [0.4, 0.5) is 5.69 Å². The van der Waals surface area contributed by atoms with E-state index in [0.29, 0.717) is 0 Å². The van der Waals surface area contributed by atoms with E-state index in [1.807, 2.05) is 18.2 Å². The molecule has 4 nitrogen and oxygen atoms in total. The smallest absolute Gasteiger partial charge is 0.163 e. The SMILES string of the molecule is CCc1ccc(C23CC4CC(CC(C4)C2)C3)cc1NC(C#N)=C(C#N)C#N. The maximum atomic E-state index is 9.41. The molecule has 4 heteroatoms. The zero-order valence-electron chi connectivity index (χ0n) is 15.8. The van der Waals surface area contributed by atoms with Gasteiger partial charge in [-0.25, -0.2) is 0 Å². The van der Waals surface area contributed by atoms with Crippen molar-refractivity contribution in [2.24, 2.45) is 17.8 Å². The number of allylic oxidation sites excluding steroid dienone is 2. The molecule has 1 N–H and O–H groups in total. The summed E-state index contributed by atoms with van der Waals surface area (Å²) in [4.78, 5) is 0. The van der Waals surface area contributed by atoms with Crippen LogP contribution < -0.4 is 5.32 Å². The summed E-state index contributed by atoms with van der Waals surface area (Å²) in [6, 6.07) is 12.2. The molecule has 4 aliphatic carbocycles. The monoisotopic (exact) mass is 356 g/mol. The van der Waals surface area contributed by atoms with Gasteiger partial charge < -0.3 is 5.32 Å². The number of nitrogens with one attached hydrogen (secondary N) is 1. The van der Waals surface area contributed by atoms with Crippen LogP contribution in [0.2, 0.25) is 0 Å². The zero-order chi connectivity index (χ0) is 19.0. The van der Waals surface area contributed by atoms with Crippen LogP contribution in [0.25, 0.3) is 0 Å². The fourth-order valence-electron chi connectivity index (χ4n) is 6.21. The standard InChI is InChI=1S/C23H24N4/c1-2-18-3-4-20(8-21(18)27-22(14-26)19(12-24)13-25)23-9-15-5-16(10-23)7-17(6-15)11-23/h3-4,8,15-17,27H,2,5-7,9-11H2,1H3. The Bertz CT molecular complexity index is 868. The molecule has 4 fully saturated rings. The molecule has 1 aromatic carbocycles. The van der Waals surface area contributed by atoms with Gasteiger partial charge in [-0.15, -0.1) is 0 Å². The van der Waals surface area contributed by atoms with E-state index in [1.54, 1.807) is 0 Å². The lowest BCUT2D eigenvalue weighted by Crippen LogP contribution is -2.48. The Hall–Kier alpha value is -2.77. The van der Waals surface area contributed by atoms with Crippen molar-refractivity contribution in [3.63, 3.8) is 0 Å². The van der Waals surface area contributed by atoms with Gasteiger partial charge in [-0.05, 0) is 85.3 Å². The highest BCUT2D eigenvalue weighted by molar-refractivity contribution is 5.63. The number of hydrogen-bond acceptors (Lipinski definition) is 4. The van der Waals surface area contributed by atoms with Crippen LogP contribution in [-0.4, -0.2) is 0 Å². The summed E-state index contributed by atoms with van der Waals surface area (Å²) >= 11 is 0. The molecule has 0 saturated heterocycles. The minimum absolute atomic E-state index is 0.0392. The lowest BCUT2D eigenvalue weighted by atomic mass is 9.48. The molecule has 4 aliphatic rings. The number of benzene rings is 1. The zero-order valence-corrected chi connectivity index (χ0v) is 15.8. The maximum Gasteiger partial charge on any atom is 0.163 e. The number of nitrogens with zero attached hydrogens (tertiary/aromatic N) is 3. The molecule has 0 radical (unpaired) electrons. The molecular weight excluding hydrogens is 332 g/mol. The van der Waals surface area contributed by atoms with Crippen LogP contribution in [-0.2, 0) is 11.8 Å². The molecule has 0 amide bonds. The van der Waals surface area contributed by atoms with Crippen molar-refractivity contribution in [1.29, 1.82) is 15.8 Å². The van der Waals surface area contributed by atoms with Gasteiger partial charge in [0.1, 0.15) is 23.9 Å². The van der Waals surface area contributed by atoms with E-state index in [9.17, 15) is 5.26 Å². The number of rotatable bonds is 4. The van der Waals surface area contributed by atoms with Crippen molar-refractivity contribution in [3.05, 3.63) is 40.6 Å². The second-order valence-electron chi connectivity index (χ2n) is 8.63. The summed E-state index contributed by atoms with van der Waals surface area (Å²) in [7, 11) is 0. The molecule has 0 heterocycles. The summed E-state index contributed by atoms with van der Waals surface area (Å²) in [6.07, 6.45) is 8.91. The molecule has 5 rings (SSSR count). The van der Waals surface area contributed by atoms with Gasteiger partial charge in [-0.1, -0.05) is 19.1 Å². The fourth-order valence-corrected chi connectivity index (χ4v) is 6.21. The third-order valence-electron chi connectivity index (χ3n) is 6.99. The second-order valence-corrected chi connectivity index (χ2v) is 8.63. The highest BCUT2D eigenvalue weighted by Gasteiger charge is 2.51. The van der Waals surface area contributed by atoms with Crippen molar-refractivity contribution in [2.45, 2.75) is 57.3 Å². The van der Waals surface area contributed by atoms with Crippen LogP contribution in [0.15, 0.2) is 29.5 Å². The molecule has 0 aliphatic heterocycles. The van der Waals surface area contributed by atoms with Gasteiger partial charge in [-0.3, -0.25) is 0 Å². The summed E-state index contributed by atoms with van der Waals surface area (Å²) in [5.74, 6) is 2.62. The largest absolute Gasteiger partial charge is 0.345 e. The lowest BCUT2D eigenvalue weighted by Gasteiger charge is -2.57. The Morgan fingerprint density at radius 3 is 2.07 bits per heavy atom. The molecule has 0 atom stereocenters. The minimum Gasteiger partial charge on any atom is -0.345 e. The molecule has 27 heavy (non-hydrogen) atoms. The summed E-state index contributed by atoms with van der Waals surface area (Å²) in [5, 5.41) is 30.7. The molecule has 136 valence electrons. The first kappa shape index (κ1) is 17.6. The van der Waals surface area contributed by atoms with E-state index in [1.165, 1.54) is 44.1 Å². The van der Waals surface area contributed by atoms with Gasteiger partial charge in [0, 0.05) is 5.69 Å². The quantitative estimate of drug-likeness (QED) is 0.773. The lowest BCUT2D eigenvalue weighted by molar-refractivity contribution is -0.00517.